The van der Waals surface area contributed by atoms with Crippen LogP contribution in [0.25, 0.3) is 0 Å². The standard InChI is InChI=1S/C15H31ClNP/c1-4-7-12-18(16,13-8-5-2,14-9-6-3)15-10-11-17/h4-10,12-15H2,1-3H3. The van der Waals surface area contributed by atoms with Crippen LogP contribution in [-0.4, -0.2) is 24.6 Å². The second kappa shape index (κ2) is 9.17. The van der Waals surface area contributed by atoms with E-state index in [0.717, 1.165) is 6.16 Å². The molecule has 1 nitrogen and oxygen atoms in total. The Morgan fingerprint density at radius 2 is 1.22 bits per heavy atom. The molecule has 0 aromatic heterocycles. The second-order valence-electron chi connectivity index (χ2n) is 5.68. The van der Waals surface area contributed by atoms with Gasteiger partial charge in [0.15, 0.2) is 0 Å². The Kier molecular flexibility index (Phi) is 9.27. The van der Waals surface area contributed by atoms with Crippen LogP contribution in [-0.2, 0) is 0 Å². The summed E-state index contributed by atoms with van der Waals surface area (Å²) in [6, 6.07) is 2.33. The van der Waals surface area contributed by atoms with Crippen molar-refractivity contribution in [3.05, 3.63) is 0 Å². The van der Waals surface area contributed by atoms with E-state index in [0.29, 0.717) is 6.42 Å². The molecule has 0 aromatic carbocycles. The fourth-order valence-corrected chi connectivity index (χ4v) is 9.31. The zero-order valence-corrected chi connectivity index (χ0v) is 14.2. The predicted octanol–water partition coefficient (Wildman–Crippen LogP) is 6.01. The Balaban J connectivity index is 4.89. The number of nitriles is 1. The Morgan fingerprint density at radius 3 is 1.50 bits per heavy atom. The summed E-state index contributed by atoms with van der Waals surface area (Å²) in [7, 11) is 0. The van der Waals surface area contributed by atoms with Crippen molar-refractivity contribution in [3.8, 4) is 6.07 Å². The van der Waals surface area contributed by atoms with Crippen LogP contribution in [0.5, 0.6) is 0 Å². The molecule has 0 N–H and O–H groups in total. The fourth-order valence-electron chi connectivity index (χ4n) is 2.66. The number of hydrogen-bond acceptors (Lipinski definition) is 1. The van der Waals surface area contributed by atoms with Crippen LogP contribution in [0, 0.1) is 11.3 Å². The molecule has 0 atom stereocenters. The third-order valence-corrected chi connectivity index (χ3v) is 11.7. The average Bonchev–Trinajstić information content (AvgIpc) is 2.40. The molecule has 0 bridgehead atoms. The van der Waals surface area contributed by atoms with Crippen molar-refractivity contribution < 1.29 is 0 Å². The first-order chi connectivity index (χ1) is 8.54. The molecule has 0 saturated carbocycles. The third kappa shape index (κ3) is 6.40. The van der Waals surface area contributed by atoms with E-state index in [1.165, 1.54) is 57.0 Å². The van der Waals surface area contributed by atoms with Gasteiger partial charge >= 0.3 is 119 Å². The molecular weight excluding hydrogens is 261 g/mol. The van der Waals surface area contributed by atoms with Gasteiger partial charge in [0.1, 0.15) is 0 Å². The fraction of sp³-hybridized carbons (Fsp3) is 0.933. The first-order valence-corrected chi connectivity index (χ1v) is 11.5. The molecule has 0 fully saturated rings. The topological polar surface area (TPSA) is 23.8 Å². The molecule has 0 radical (unpaired) electrons. The summed E-state index contributed by atoms with van der Waals surface area (Å²) >= 11 is 7.29. The van der Waals surface area contributed by atoms with Crippen LogP contribution in [0.3, 0.4) is 0 Å². The summed E-state index contributed by atoms with van der Waals surface area (Å²) in [5.74, 6) is -2.11. The molecule has 108 valence electrons. The molecule has 0 heterocycles. The maximum absolute atomic E-state index is 8.93. The maximum atomic E-state index is 8.93. The van der Waals surface area contributed by atoms with Gasteiger partial charge in [-0.3, -0.25) is 0 Å². The Morgan fingerprint density at radius 1 is 0.833 bits per heavy atom. The van der Waals surface area contributed by atoms with E-state index in [1.807, 2.05) is 0 Å². The minimum atomic E-state index is -2.11. The van der Waals surface area contributed by atoms with E-state index in [2.05, 4.69) is 26.8 Å². The van der Waals surface area contributed by atoms with E-state index >= 15 is 0 Å². The first kappa shape index (κ1) is 18.2. The molecule has 18 heavy (non-hydrogen) atoms. The van der Waals surface area contributed by atoms with Crippen LogP contribution in [0.2, 0.25) is 0 Å². The van der Waals surface area contributed by atoms with E-state index in [4.69, 9.17) is 16.5 Å². The van der Waals surface area contributed by atoms with Gasteiger partial charge in [-0.25, -0.2) is 0 Å². The van der Waals surface area contributed by atoms with Crippen molar-refractivity contribution in [1.82, 2.24) is 0 Å². The zero-order valence-electron chi connectivity index (χ0n) is 12.6. The monoisotopic (exact) mass is 291 g/mol. The molecule has 0 spiro atoms. The van der Waals surface area contributed by atoms with Crippen molar-refractivity contribution in [1.29, 1.82) is 5.26 Å². The van der Waals surface area contributed by atoms with Gasteiger partial charge in [-0.1, -0.05) is 0 Å². The van der Waals surface area contributed by atoms with Gasteiger partial charge < -0.3 is 0 Å². The first-order valence-electron chi connectivity index (χ1n) is 7.63. The van der Waals surface area contributed by atoms with Crippen LogP contribution in [0.1, 0.15) is 65.7 Å². The van der Waals surface area contributed by atoms with E-state index < -0.39 is 5.96 Å². The summed E-state index contributed by atoms with van der Waals surface area (Å²) in [4.78, 5) is 0. The molecular formula is C15H31ClNP. The molecule has 0 amide bonds. The molecule has 0 aliphatic carbocycles. The Hall–Kier alpha value is 0.210. The van der Waals surface area contributed by atoms with E-state index in [1.54, 1.807) is 0 Å². The van der Waals surface area contributed by atoms with Crippen LogP contribution >= 0.6 is 17.2 Å². The van der Waals surface area contributed by atoms with Gasteiger partial charge in [0.25, 0.3) is 0 Å². The summed E-state index contributed by atoms with van der Waals surface area (Å²) in [5, 5.41) is 8.93. The minimum absolute atomic E-state index is 0.651. The number of nitrogens with zero attached hydrogens (tertiary/aromatic N) is 1. The number of rotatable bonds is 11. The number of unbranched alkanes of at least 4 members (excludes halogenated alkanes) is 3. The number of halogens is 1. The number of hydrogen-bond donors (Lipinski definition) is 0. The third-order valence-electron chi connectivity index (χ3n) is 3.99. The van der Waals surface area contributed by atoms with Crippen molar-refractivity contribution in [2.24, 2.45) is 0 Å². The normalized spacial score (nSPS) is 13.8. The Labute approximate surface area is 119 Å². The summed E-state index contributed by atoms with van der Waals surface area (Å²) < 4.78 is 0. The van der Waals surface area contributed by atoms with Crippen molar-refractivity contribution in [3.63, 3.8) is 0 Å². The molecule has 0 unspecified atom stereocenters. The van der Waals surface area contributed by atoms with Crippen LogP contribution in [0.15, 0.2) is 0 Å². The predicted molar refractivity (Wildman–Crippen MR) is 87.2 cm³/mol. The zero-order chi connectivity index (χ0) is 13.9. The van der Waals surface area contributed by atoms with Gasteiger partial charge in [0.05, 0.1) is 0 Å². The van der Waals surface area contributed by atoms with Crippen LogP contribution < -0.4 is 0 Å². The van der Waals surface area contributed by atoms with Crippen molar-refractivity contribution >= 4 is 17.2 Å². The van der Waals surface area contributed by atoms with E-state index in [-0.39, 0.29) is 0 Å². The van der Waals surface area contributed by atoms with Gasteiger partial charge in [-0.05, 0) is 0 Å². The van der Waals surface area contributed by atoms with Gasteiger partial charge in [0, 0.05) is 0 Å². The summed E-state index contributed by atoms with van der Waals surface area (Å²) in [6.45, 7) is 6.71. The van der Waals surface area contributed by atoms with Gasteiger partial charge in [-0.2, -0.15) is 0 Å². The molecule has 0 aliphatic heterocycles. The Bertz CT molecular complexity index is 235. The summed E-state index contributed by atoms with van der Waals surface area (Å²) in [6.07, 6.45) is 12.6. The quantitative estimate of drug-likeness (QED) is 0.428. The SMILES string of the molecule is CCCCP(Cl)(CCC#N)(CCCC)CCCC. The molecule has 0 rings (SSSR count). The summed E-state index contributed by atoms with van der Waals surface area (Å²) in [5.41, 5.74) is 0. The molecule has 3 heteroatoms. The van der Waals surface area contributed by atoms with Gasteiger partial charge in [0.2, 0.25) is 0 Å². The van der Waals surface area contributed by atoms with Crippen LogP contribution in [0.4, 0.5) is 0 Å². The second-order valence-corrected chi connectivity index (χ2v) is 14.0. The van der Waals surface area contributed by atoms with Gasteiger partial charge in [-0.15, -0.1) is 0 Å². The van der Waals surface area contributed by atoms with Crippen molar-refractivity contribution in [2.45, 2.75) is 65.7 Å². The van der Waals surface area contributed by atoms with Crippen molar-refractivity contribution in [2.75, 3.05) is 24.6 Å². The van der Waals surface area contributed by atoms with E-state index in [9.17, 15) is 0 Å². The molecule has 0 aliphatic rings. The molecule has 0 aromatic rings. The average molecular weight is 292 g/mol. The molecule has 0 saturated heterocycles.